The molecule has 9 aromatic carbocycles. The van der Waals surface area contributed by atoms with E-state index in [1.54, 1.807) is 0 Å². The predicted molar refractivity (Wildman–Crippen MR) is 227 cm³/mol. The summed E-state index contributed by atoms with van der Waals surface area (Å²) in [5, 5.41) is 13.3. The maximum Gasteiger partial charge on any atom is 0.160 e. The van der Waals surface area contributed by atoms with Crippen LogP contribution in [0, 0.1) is 0 Å². The van der Waals surface area contributed by atoms with Crippen LogP contribution in [0.2, 0.25) is 0 Å². The highest BCUT2D eigenvalue weighted by Gasteiger charge is 2.18. The Hall–Kier alpha value is -7.23. The zero-order valence-electron chi connectivity index (χ0n) is 29.2. The van der Waals surface area contributed by atoms with Gasteiger partial charge in [-0.2, -0.15) is 0 Å². The van der Waals surface area contributed by atoms with E-state index in [-0.39, 0.29) is 0 Å². The highest BCUT2D eigenvalue weighted by molar-refractivity contribution is 6.33. The first-order valence-electron chi connectivity index (χ1n) is 18.4. The number of fused-ring (bicyclic) bond motifs is 10. The molecule has 0 saturated heterocycles. The van der Waals surface area contributed by atoms with Crippen molar-refractivity contribution in [1.29, 1.82) is 0 Å². The average Bonchev–Trinajstić information content (AvgIpc) is 3.25. The smallest absolute Gasteiger partial charge is 0.160 e. The van der Waals surface area contributed by atoms with Crippen LogP contribution < -0.4 is 0 Å². The lowest BCUT2D eigenvalue weighted by Gasteiger charge is -2.16. The predicted octanol–water partition coefficient (Wildman–Crippen LogP) is 13.5. The third kappa shape index (κ3) is 4.94. The van der Waals surface area contributed by atoms with Gasteiger partial charge < -0.3 is 0 Å². The Balaban J connectivity index is 1.11. The molecule has 0 aliphatic rings. The minimum absolute atomic E-state index is 0.700. The topological polar surface area (TPSA) is 38.7 Å². The maximum absolute atomic E-state index is 5.36. The fraction of sp³-hybridized carbons (Fsp3) is 0. The average molecular weight is 686 g/mol. The Morgan fingerprint density at radius 1 is 0.278 bits per heavy atom. The quantitative estimate of drug-likeness (QED) is 0.173. The van der Waals surface area contributed by atoms with Crippen LogP contribution >= 0.6 is 0 Å². The van der Waals surface area contributed by atoms with Crippen LogP contribution in [-0.2, 0) is 0 Å². The van der Waals surface area contributed by atoms with Gasteiger partial charge in [-0.05, 0) is 67.4 Å². The van der Waals surface area contributed by atoms with Crippen molar-refractivity contribution in [3.8, 4) is 45.2 Å². The van der Waals surface area contributed by atoms with Crippen molar-refractivity contribution in [2.75, 3.05) is 0 Å². The lowest BCUT2D eigenvalue weighted by molar-refractivity contribution is 1.18. The SMILES string of the molecule is c1ccc2cc(-c3cc(-c4ccc(-c5nc6ccccc6c6c7ccccc7c7ccccc7c56)cc4)nc(-c4ccc5ccccc5c4)n3)ccc2c1. The van der Waals surface area contributed by atoms with E-state index < -0.39 is 0 Å². The maximum atomic E-state index is 5.36. The summed E-state index contributed by atoms with van der Waals surface area (Å²) >= 11 is 0. The van der Waals surface area contributed by atoms with Gasteiger partial charge in [-0.3, -0.25) is 0 Å². The third-order valence-corrected chi connectivity index (χ3v) is 10.8. The Kier molecular flexibility index (Phi) is 6.86. The summed E-state index contributed by atoms with van der Waals surface area (Å²) in [6.45, 7) is 0. The summed E-state index contributed by atoms with van der Waals surface area (Å²) in [5.41, 5.74) is 7.85. The minimum Gasteiger partial charge on any atom is -0.247 e. The molecule has 0 saturated carbocycles. The fourth-order valence-electron chi connectivity index (χ4n) is 8.18. The second kappa shape index (κ2) is 12.2. The van der Waals surface area contributed by atoms with Crippen LogP contribution in [0.3, 0.4) is 0 Å². The molecular formula is C51H31N3. The molecule has 0 N–H and O–H groups in total. The molecule has 0 bridgehead atoms. The molecule has 0 atom stereocenters. The van der Waals surface area contributed by atoms with Gasteiger partial charge in [-0.1, -0.05) is 164 Å². The Morgan fingerprint density at radius 3 is 1.41 bits per heavy atom. The first kappa shape index (κ1) is 30.4. The largest absolute Gasteiger partial charge is 0.247 e. The molecular weight excluding hydrogens is 655 g/mol. The third-order valence-electron chi connectivity index (χ3n) is 10.8. The number of para-hydroxylation sites is 1. The van der Waals surface area contributed by atoms with Crippen LogP contribution in [0.15, 0.2) is 188 Å². The van der Waals surface area contributed by atoms with E-state index in [2.05, 4.69) is 188 Å². The fourth-order valence-corrected chi connectivity index (χ4v) is 8.18. The van der Waals surface area contributed by atoms with Gasteiger partial charge in [-0.15, -0.1) is 0 Å². The van der Waals surface area contributed by atoms with E-state index in [9.17, 15) is 0 Å². The Bertz CT molecular complexity index is 3180. The molecule has 3 nitrogen and oxygen atoms in total. The normalized spacial score (nSPS) is 11.7. The molecule has 54 heavy (non-hydrogen) atoms. The van der Waals surface area contributed by atoms with Crippen molar-refractivity contribution in [1.82, 2.24) is 15.0 Å². The molecule has 250 valence electrons. The second-order valence-electron chi connectivity index (χ2n) is 14.0. The molecule has 0 amide bonds. The van der Waals surface area contributed by atoms with E-state index >= 15 is 0 Å². The Morgan fingerprint density at radius 2 is 0.741 bits per heavy atom. The zero-order chi connectivity index (χ0) is 35.6. The van der Waals surface area contributed by atoms with Gasteiger partial charge in [0.1, 0.15) is 0 Å². The first-order valence-corrected chi connectivity index (χ1v) is 18.4. The van der Waals surface area contributed by atoms with Gasteiger partial charge in [-0.25, -0.2) is 15.0 Å². The molecule has 11 rings (SSSR count). The highest BCUT2D eigenvalue weighted by atomic mass is 14.9. The monoisotopic (exact) mass is 685 g/mol. The summed E-state index contributed by atoms with van der Waals surface area (Å²) in [5.74, 6) is 0.700. The number of hydrogen-bond donors (Lipinski definition) is 0. The molecule has 0 aliphatic heterocycles. The molecule has 0 radical (unpaired) electrons. The van der Waals surface area contributed by atoms with Crippen molar-refractivity contribution < 1.29 is 0 Å². The molecule has 2 heterocycles. The molecule has 11 aromatic rings. The van der Waals surface area contributed by atoms with Crippen LogP contribution in [-0.4, -0.2) is 15.0 Å². The van der Waals surface area contributed by atoms with Crippen molar-refractivity contribution in [2.24, 2.45) is 0 Å². The molecule has 0 spiro atoms. The number of rotatable bonds is 4. The molecule has 0 fully saturated rings. The number of nitrogens with zero attached hydrogens (tertiary/aromatic N) is 3. The summed E-state index contributed by atoms with van der Waals surface area (Å²) in [4.78, 5) is 15.7. The van der Waals surface area contributed by atoms with Gasteiger partial charge in [0.25, 0.3) is 0 Å². The Labute approximate surface area is 311 Å². The number of benzene rings is 9. The van der Waals surface area contributed by atoms with E-state index in [4.69, 9.17) is 15.0 Å². The summed E-state index contributed by atoms with van der Waals surface area (Å²) in [6.07, 6.45) is 0. The zero-order valence-corrected chi connectivity index (χ0v) is 29.2. The molecule has 0 aliphatic carbocycles. The van der Waals surface area contributed by atoms with Gasteiger partial charge in [0.2, 0.25) is 0 Å². The second-order valence-corrected chi connectivity index (χ2v) is 14.0. The summed E-state index contributed by atoms with van der Waals surface area (Å²) < 4.78 is 0. The lowest BCUT2D eigenvalue weighted by Crippen LogP contribution is -1.96. The van der Waals surface area contributed by atoms with Gasteiger partial charge >= 0.3 is 0 Å². The first-order chi connectivity index (χ1) is 26.7. The van der Waals surface area contributed by atoms with Crippen LogP contribution in [0.25, 0.3) is 110 Å². The van der Waals surface area contributed by atoms with Crippen LogP contribution in [0.1, 0.15) is 0 Å². The van der Waals surface area contributed by atoms with Crippen molar-refractivity contribution in [3.05, 3.63) is 188 Å². The standard InChI is InChI=1S/C51H31N3/c1-3-13-36-29-38(27-21-32(36)11-1)47-31-46(53-51(54-47)39-28-22-33-12-2-4-14-37(33)30-39)34-23-25-35(26-24-34)50-49-43-18-8-6-16-41(43)40-15-5-7-17-42(40)48(49)44-19-9-10-20-45(44)52-50/h1-31H. The van der Waals surface area contributed by atoms with Gasteiger partial charge in [0.05, 0.1) is 22.6 Å². The van der Waals surface area contributed by atoms with Crippen molar-refractivity contribution in [2.45, 2.75) is 0 Å². The van der Waals surface area contributed by atoms with E-state index in [0.717, 1.165) is 50.2 Å². The van der Waals surface area contributed by atoms with Gasteiger partial charge in [0, 0.05) is 38.4 Å². The number of hydrogen-bond acceptors (Lipinski definition) is 3. The lowest BCUT2D eigenvalue weighted by atomic mass is 9.90. The summed E-state index contributed by atoms with van der Waals surface area (Å²) in [6, 6.07) is 66.8. The van der Waals surface area contributed by atoms with E-state index in [1.807, 2.05) is 0 Å². The van der Waals surface area contributed by atoms with Crippen molar-refractivity contribution >= 4 is 64.8 Å². The number of pyridine rings is 1. The van der Waals surface area contributed by atoms with Crippen molar-refractivity contribution in [3.63, 3.8) is 0 Å². The minimum atomic E-state index is 0.700. The molecule has 3 heteroatoms. The van der Waals surface area contributed by atoms with Gasteiger partial charge in [0.15, 0.2) is 5.82 Å². The molecule has 2 aromatic heterocycles. The molecule has 0 unspecified atom stereocenters. The highest BCUT2D eigenvalue weighted by Crippen LogP contribution is 2.43. The number of aromatic nitrogens is 3. The van der Waals surface area contributed by atoms with Crippen LogP contribution in [0.4, 0.5) is 0 Å². The summed E-state index contributed by atoms with van der Waals surface area (Å²) in [7, 11) is 0. The van der Waals surface area contributed by atoms with E-state index in [1.165, 1.54) is 53.9 Å². The van der Waals surface area contributed by atoms with Crippen LogP contribution in [0.5, 0.6) is 0 Å². The van der Waals surface area contributed by atoms with E-state index in [0.29, 0.717) is 5.82 Å².